The van der Waals surface area contributed by atoms with Gasteiger partial charge in [0, 0.05) is 12.6 Å². The van der Waals surface area contributed by atoms with Crippen LogP contribution in [0.3, 0.4) is 0 Å². The van der Waals surface area contributed by atoms with E-state index in [1.165, 1.54) is 31.6 Å². The van der Waals surface area contributed by atoms with Crippen LogP contribution in [0, 0.1) is 5.82 Å². The molecule has 1 aromatic carbocycles. The minimum absolute atomic E-state index is 0.180. The Morgan fingerprint density at radius 2 is 2.26 bits per heavy atom. The van der Waals surface area contributed by atoms with E-state index in [9.17, 15) is 9.18 Å². The second-order valence-corrected chi connectivity index (χ2v) is 7.04. The molecule has 140 valence electrons. The predicted molar refractivity (Wildman–Crippen MR) is 103 cm³/mol. The summed E-state index contributed by atoms with van der Waals surface area (Å²) >= 11 is 1.55. The molecule has 0 aliphatic carbocycles. The van der Waals surface area contributed by atoms with Crippen LogP contribution in [0.5, 0.6) is 5.75 Å². The Kier molecular flexibility index (Phi) is 4.76. The van der Waals surface area contributed by atoms with Gasteiger partial charge in [-0.05, 0) is 36.4 Å². The topological polar surface area (TPSA) is 79.4 Å². The monoisotopic (exact) mass is 387 g/mol. The Bertz CT molecular complexity index is 979. The zero-order valence-corrected chi connectivity index (χ0v) is 15.4. The van der Waals surface area contributed by atoms with E-state index in [0.29, 0.717) is 11.4 Å². The molecule has 0 bridgehead atoms. The number of nitrogens with zero attached hydrogens (tertiary/aromatic N) is 3. The summed E-state index contributed by atoms with van der Waals surface area (Å²) in [5, 5.41) is 2.92. The van der Waals surface area contributed by atoms with Gasteiger partial charge >= 0.3 is 0 Å². The van der Waals surface area contributed by atoms with Gasteiger partial charge in [0.15, 0.2) is 0 Å². The molecule has 0 unspecified atom stereocenters. The number of benzene rings is 1. The van der Waals surface area contributed by atoms with Crippen molar-refractivity contribution in [3.05, 3.63) is 41.8 Å². The molecule has 7 nitrogen and oxygen atoms in total. The van der Waals surface area contributed by atoms with Crippen LogP contribution in [-0.2, 0) is 4.79 Å². The second kappa shape index (κ2) is 7.36. The lowest BCUT2D eigenvalue weighted by Gasteiger charge is -2.25. The van der Waals surface area contributed by atoms with Gasteiger partial charge in [0.1, 0.15) is 34.6 Å². The Morgan fingerprint density at radius 1 is 1.37 bits per heavy atom. The highest BCUT2D eigenvalue weighted by Crippen LogP contribution is 2.32. The van der Waals surface area contributed by atoms with Crippen LogP contribution < -0.4 is 20.5 Å². The van der Waals surface area contributed by atoms with E-state index < -0.39 is 5.82 Å². The number of ether oxygens (including phenoxy) is 1. The average molecular weight is 387 g/mol. The third kappa shape index (κ3) is 3.37. The molecule has 9 heteroatoms. The predicted octanol–water partition coefficient (Wildman–Crippen LogP) is 2.95. The zero-order chi connectivity index (χ0) is 18.8. The highest BCUT2D eigenvalue weighted by atomic mass is 32.1. The number of nitrogens with one attached hydrogen (secondary N) is 2. The molecule has 1 fully saturated rings. The molecular formula is C18H18FN5O2S. The summed E-state index contributed by atoms with van der Waals surface area (Å²) in [5.74, 6) is 0.503. The van der Waals surface area contributed by atoms with E-state index in [1.807, 2.05) is 16.3 Å². The van der Waals surface area contributed by atoms with Gasteiger partial charge in [-0.1, -0.05) is 0 Å². The number of rotatable bonds is 5. The summed E-state index contributed by atoms with van der Waals surface area (Å²) in [6, 6.07) is 5.70. The lowest BCUT2D eigenvalue weighted by Crippen LogP contribution is -2.45. The molecule has 4 rings (SSSR count). The zero-order valence-electron chi connectivity index (χ0n) is 14.6. The Labute approximate surface area is 159 Å². The van der Waals surface area contributed by atoms with Crippen molar-refractivity contribution >= 4 is 39.0 Å². The number of hydrogen-bond donors (Lipinski definition) is 2. The summed E-state index contributed by atoms with van der Waals surface area (Å²) in [6.45, 7) is 0.750. The summed E-state index contributed by atoms with van der Waals surface area (Å²) in [7, 11) is 1.45. The maximum absolute atomic E-state index is 13.3. The number of halogens is 1. The number of hydrazine groups is 1. The van der Waals surface area contributed by atoms with Gasteiger partial charge in [-0.25, -0.2) is 14.4 Å². The van der Waals surface area contributed by atoms with Crippen LogP contribution in [0.2, 0.25) is 0 Å². The molecule has 1 aliphatic heterocycles. The number of methoxy groups -OCH3 is 1. The van der Waals surface area contributed by atoms with Gasteiger partial charge in [0.05, 0.1) is 18.2 Å². The molecule has 3 aromatic rings. The molecule has 1 aliphatic rings. The largest absolute Gasteiger partial charge is 0.494 e. The average Bonchev–Trinajstić information content (AvgIpc) is 3.35. The maximum atomic E-state index is 13.3. The molecule has 1 atom stereocenters. The number of amides is 1. The van der Waals surface area contributed by atoms with Crippen LogP contribution in [-0.4, -0.2) is 35.6 Å². The molecule has 0 radical (unpaired) electrons. The molecule has 2 aromatic heterocycles. The highest BCUT2D eigenvalue weighted by Gasteiger charge is 2.32. The molecular weight excluding hydrogens is 369 g/mol. The molecule has 0 saturated carbocycles. The number of anilines is 2. The summed E-state index contributed by atoms with van der Waals surface area (Å²) < 4.78 is 18.4. The van der Waals surface area contributed by atoms with Crippen LogP contribution in [0.1, 0.15) is 12.8 Å². The van der Waals surface area contributed by atoms with E-state index in [0.717, 1.165) is 35.4 Å². The van der Waals surface area contributed by atoms with Crippen LogP contribution in [0.4, 0.5) is 15.9 Å². The molecule has 2 N–H and O–H groups in total. The van der Waals surface area contributed by atoms with Crippen molar-refractivity contribution in [3.63, 3.8) is 0 Å². The van der Waals surface area contributed by atoms with Crippen molar-refractivity contribution in [2.75, 3.05) is 24.0 Å². The van der Waals surface area contributed by atoms with Gasteiger partial charge < -0.3 is 9.64 Å². The SMILES string of the molecule is COc1cc(F)ccc1NNC(=O)[C@H]1CCCN1c1ncnc2sccc12. The molecule has 0 spiro atoms. The fourth-order valence-corrected chi connectivity index (χ4v) is 4.01. The minimum atomic E-state index is -0.408. The Balaban J connectivity index is 1.51. The van der Waals surface area contributed by atoms with Crippen molar-refractivity contribution < 1.29 is 13.9 Å². The first kappa shape index (κ1) is 17.5. The molecule has 3 heterocycles. The quantitative estimate of drug-likeness (QED) is 0.656. The Morgan fingerprint density at radius 3 is 3.11 bits per heavy atom. The third-order valence-electron chi connectivity index (χ3n) is 4.55. The first-order chi connectivity index (χ1) is 13.2. The van der Waals surface area contributed by atoms with E-state index in [1.54, 1.807) is 11.3 Å². The Hall–Kier alpha value is -2.94. The van der Waals surface area contributed by atoms with Gasteiger partial charge in [-0.2, -0.15) is 0 Å². The van der Waals surface area contributed by atoms with Gasteiger partial charge in [-0.15, -0.1) is 11.3 Å². The number of fused-ring (bicyclic) bond motifs is 1. The normalized spacial score (nSPS) is 16.5. The number of carbonyl (C=O) groups is 1. The molecule has 27 heavy (non-hydrogen) atoms. The third-order valence-corrected chi connectivity index (χ3v) is 5.37. The fraction of sp³-hybridized carbons (Fsp3) is 0.278. The van der Waals surface area contributed by atoms with Crippen LogP contribution >= 0.6 is 11.3 Å². The summed E-state index contributed by atoms with van der Waals surface area (Å²) in [4.78, 5) is 24.4. The van der Waals surface area contributed by atoms with Crippen molar-refractivity contribution in [2.24, 2.45) is 0 Å². The van der Waals surface area contributed by atoms with Crippen LogP contribution in [0.15, 0.2) is 36.0 Å². The van der Waals surface area contributed by atoms with E-state index in [-0.39, 0.29) is 11.9 Å². The van der Waals surface area contributed by atoms with Gasteiger partial charge in [-0.3, -0.25) is 15.6 Å². The van der Waals surface area contributed by atoms with Gasteiger partial charge in [0.25, 0.3) is 5.91 Å². The first-order valence-electron chi connectivity index (χ1n) is 8.51. The smallest absolute Gasteiger partial charge is 0.261 e. The number of hydrogen-bond acceptors (Lipinski definition) is 7. The second-order valence-electron chi connectivity index (χ2n) is 6.15. The standard InChI is InChI=1S/C18H18FN5O2S/c1-26-15-9-11(19)4-5-13(15)22-23-17(25)14-3-2-7-24(14)16-12-6-8-27-18(12)21-10-20-16/h4-6,8-10,14,22H,2-3,7H2,1H3,(H,23,25)/t14-/m1/s1. The number of carbonyl (C=O) groups excluding carboxylic acids is 1. The number of thiophene rings is 1. The van der Waals surface area contributed by atoms with E-state index in [2.05, 4.69) is 20.8 Å². The van der Waals surface area contributed by atoms with Crippen molar-refractivity contribution in [2.45, 2.75) is 18.9 Å². The minimum Gasteiger partial charge on any atom is -0.494 e. The van der Waals surface area contributed by atoms with Crippen LogP contribution in [0.25, 0.3) is 10.2 Å². The van der Waals surface area contributed by atoms with Crippen molar-refractivity contribution in [1.29, 1.82) is 0 Å². The first-order valence-corrected chi connectivity index (χ1v) is 9.39. The van der Waals surface area contributed by atoms with Crippen molar-refractivity contribution in [3.8, 4) is 5.75 Å². The maximum Gasteiger partial charge on any atom is 0.261 e. The molecule has 1 amide bonds. The van der Waals surface area contributed by atoms with Crippen molar-refractivity contribution in [1.82, 2.24) is 15.4 Å². The lowest BCUT2D eigenvalue weighted by molar-refractivity contribution is -0.121. The fourth-order valence-electron chi connectivity index (χ4n) is 3.28. The van der Waals surface area contributed by atoms with Gasteiger partial charge in [0.2, 0.25) is 0 Å². The lowest BCUT2D eigenvalue weighted by atomic mass is 10.2. The van der Waals surface area contributed by atoms with E-state index >= 15 is 0 Å². The highest BCUT2D eigenvalue weighted by molar-refractivity contribution is 7.16. The van der Waals surface area contributed by atoms with E-state index in [4.69, 9.17) is 4.74 Å². The summed E-state index contributed by atoms with van der Waals surface area (Å²) in [5.41, 5.74) is 6.01. The molecule has 1 saturated heterocycles. The number of aromatic nitrogens is 2. The summed E-state index contributed by atoms with van der Waals surface area (Å²) in [6.07, 6.45) is 3.15.